The number of hydrogen-bond donors (Lipinski definition) is 1. The van der Waals surface area contributed by atoms with Crippen LogP contribution in [0.5, 0.6) is 11.5 Å². The number of methoxy groups -OCH3 is 1. The van der Waals surface area contributed by atoms with Crippen molar-refractivity contribution in [2.75, 3.05) is 7.11 Å². The number of fused-ring (bicyclic) bond motifs is 3. The largest absolute Gasteiger partial charge is 0.506 e. The number of phenolic OH excluding ortho intramolecular Hbond substituents is 1. The number of halogens is 2. The van der Waals surface area contributed by atoms with E-state index >= 15 is 0 Å². The maximum Gasteiger partial charge on any atom is 0.271 e. The van der Waals surface area contributed by atoms with Crippen LogP contribution in [0.2, 0.25) is 0 Å². The van der Waals surface area contributed by atoms with Gasteiger partial charge in [0.1, 0.15) is 11.5 Å². The van der Waals surface area contributed by atoms with E-state index in [9.17, 15) is 9.90 Å². The average molecular weight is 718 g/mol. The molecule has 180 valence electrons. The van der Waals surface area contributed by atoms with Crippen LogP contribution in [-0.2, 0) is 6.42 Å². The normalized spacial score (nSPS) is 16.8. The quantitative estimate of drug-likeness (QED) is 0.295. The van der Waals surface area contributed by atoms with E-state index in [1.54, 1.807) is 13.2 Å². The van der Waals surface area contributed by atoms with E-state index in [1.807, 2.05) is 41.0 Å². The standard InChI is InChI=1S/C28H20I2N2O3S/c1-35-19-7-4-6-16(12-19)25-21-10-9-15-5-2-3-8-20(15)24(21)31-28-32(25)27(34)23(36-28)13-17-11-18(29)14-22(30)26(17)33/h2-8,11-14,25,33H,9-10H2,1H3. The molecule has 1 N–H and O–H groups in total. The Balaban J connectivity index is 1.64. The zero-order chi connectivity index (χ0) is 25.0. The summed E-state index contributed by atoms with van der Waals surface area (Å²) in [4.78, 5) is 19.6. The summed E-state index contributed by atoms with van der Waals surface area (Å²) in [6, 6.07) is 19.8. The molecule has 8 heteroatoms. The molecular weight excluding hydrogens is 698 g/mol. The van der Waals surface area contributed by atoms with Gasteiger partial charge >= 0.3 is 0 Å². The minimum atomic E-state index is -0.272. The fourth-order valence-corrected chi connectivity index (χ4v) is 7.85. The van der Waals surface area contributed by atoms with Gasteiger partial charge in [-0.3, -0.25) is 9.36 Å². The molecule has 2 heterocycles. The molecular formula is C28H20I2N2O3S. The molecule has 36 heavy (non-hydrogen) atoms. The lowest BCUT2D eigenvalue weighted by atomic mass is 9.83. The number of aromatic nitrogens is 1. The summed E-state index contributed by atoms with van der Waals surface area (Å²) in [5.74, 6) is 0.933. The Kier molecular flexibility index (Phi) is 6.29. The SMILES string of the molecule is COc1cccc(C2C3=C(N=c4sc(=Cc5cc(I)cc(I)c5O)c(=O)n42)c2ccccc2CC3)c1. The summed E-state index contributed by atoms with van der Waals surface area (Å²) in [5, 5.41) is 10.7. The number of hydrogen-bond acceptors (Lipinski definition) is 5. The van der Waals surface area contributed by atoms with Gasteiger partial charge in [-0.15, -0.1) is 0 Å². The van der Waals surface area contributed by atoms with E-state index in [1.165, 1.54) is 16.9 Å². The van der Waals surface area contributed by atoms with Crippen LogP contribution in [0.15, 0.2) is 76.0 Å². The van der Waals surface area contributed by atoms with Crippen molar-refractivity contribution in [3.63, 3.8) is 0 Å². The number of rotatable bonds is 3. The van der Waals surface area contributed by atoms with Crippen LogP contribution in [0.3, 0.4) is 0 Å². The number of phenols is 1. The lowest BCUT2D eigenvalue weighted by Gasteiger charge is -2.31. The van der Waals surface area contributed by atoms with Crippen LogP contribution in [-0.4, -0.2) is 16.8 Å². The van der Waals surface area contributed by atoms with E-state index in [2.05, 4.69) is 69.4 Å². The van der Waals surface area contributed by atoms with E-state index < -0.39 is 0 Å². The number of ether oxygens (including phenoxy) is 1. The Labute approximate surface area is 238 Å². The third kappa shape index (κ3) is 4.03. The smallest absolute Gasteiger partial charge is 0.271 e. The first kappa shape index (κ1) is 23.9. The van der Waals surface area contributed by atoms with Crippen LogP contribution >= 0.6 is 56.5 Å². The van der Waals surface area contributed by atoms with Gasteiger partial charge in [0, 0.05) is 14.7 Å². The van der Waals surface area contributed by atoms with Crippen molar-refractivity contribution in [3.05, 3.63) is 115 Å². The van der Waals surface area contributed by atoms with Gasteiger partial charge in [0.05, 0.1) is 27.0 Å². The van der Waals surface area contributed by atoms with E-state index in [4.69, 9.17) is 9.73 Å². The highest BCUT2D eigenvalue weighted by Crippen LogP contribution is 2.41. The van der Waals surface area contributed by atoms with Crippen LogP contribution in [0.1, 0.15) is 34.7 Å². The van der Waals surface area contributed by atoms with Crippen LogP contribution in [0.25, 0.3) is 11.8 Å². The molecule has 2 aliphatic rings. The van der Waals surface area contributed by atoms with Gasteiger partial charge in [-0.25, -0.2) is 4.99 Å². The predicted molar refractivity (Wildman–Crippen MR) is 159 cm³/mol. The Morgan fingerprint density at radius 3 is 2.78 bits per heavy atom. The minimum Gasteiger partial charge on any atom is -0.506 e. The zero-order valence-corrected chi connectivity index (χ0v) is 24.3. The average Bonchev–Trinajstić information content (AvgIpc) is 3.20. The van der Waals surface area contributed by atoms with Gasteiger partial charge in [-0.05, 0) is 105 Å². The highest BCUT2D eigenvalue weighted by atomic mass is 127. The second kappa shape index (κ2) is 9.46. The van der Waals surface area contributed by atoms with Gasteiger partial charge in [-0.2, -0.15) is 0 Å². The highest BCUT2D eigenvalue weighted by molar-refractivity contribution is 14.1. The van der Waals surface area contributed by atoms with Gasteiger partial charge in [0.25, 0.3) is 5.56 Å². The molecule has 1 aromatic heterocycles. The summed E-state index contributed by atoms with van der Waals surface area (Å²) in [5.41, 5.74) is 6.04. The third-order valence-electron chi connectivity index (χ3n) is 6.63. The van der Waals surface area contributed by atoms with Crippen LogP contribution < -0.4 is 19.6 Å². The van der Waals surface area contributed by atoms with Gasteiger partial charge in [0.2, 0.25) is 0 Å². The fraction of sp³-hybridized carbons (Fsp3) is 0.143. The van der Waals surface area contributed by atoms with Crippen molar-refractivity contribution in [1.82, 2.24) is 4.57 Å². The molecule has 1 unspecified atom stereocenters. The van der Waals surface area contributed by atoms with Crippen molar-refractivity contribution >= 4 is 68.3 Å². The summed E-state index contributed by atoms with van der Waals surface area (Å²) in [7, 11) is 1.65. The van der Waals surface area contributed by atoms with Crippen molar-refractivity contribution in [3.8, 4) is 11.5 Å². The molecule has 5 nitrogen and oxygen atoms in total. The molecule has 0 saturated carbocycles. The lowest BCUT2D eigenvalue weighted by molar-refractivity contribution is 0.413. The molecule has 0 bridgehead atoms. The monoisotopic (exact) mass is 718 g/mol. The van der Waals surface area contributed by atoms with Crippen LogP contribution in [0.4, 0.5) is 0 Å². The summed E-state index contributed by atoms with van der Waals surface area (Å²) in [6.07, 6.45) is 3.52. The molecule has 0 saturated heterocycles. The van der Waals surface area contributed by atoms with E-state index in [0.717, 1.165) is 48.1 Å². The van der Waals surface area contributed by atoms with Crippen molar-refractivity contribution in [2.24, 2.45) is 4.99 Å². The molecule has 1 atom stereocenters. The highest BCUT2D eigenvalue weighted by Gasteiger charge is 2.32. The molecule has 0 fully saturated rings. The molecule has 6 rings (SSSR count). The van der Waals surface area contributed by atoms with E-state index in [-0.39, 0.29) is 17.4 Å². The van der Waals surface area contributed by atoms with Crippen LogP contribution in [0, 0.1) is 7.14 Å². The Morgan fingerprint density at radius 1 is 1.11 bits per heavy atom. The molecule has 4 aromatic rings. The first-order valence-corrected chi connectivity index (χ1v) is 14.4. The van der Waals surface area contributed by atoms with Crippen molar-refractivity contribution in [1.29, 1.82) is 0 Å². The number of benzene rings is 3. The number of aromatic hydroxyl groups is 1. The molecule has 3 aromatic carbocycles. The first-order valence-electron chi connectivity index (χ1n) is 11.4. The summed E-state index contributed by atoms with van der Waals surface area (Å²) >= 11 is 5.70. The molecule has 1 aliphatic carbocycles. The summed E-state index contributed by atoms with van der Waals surface area (Å²) < 4.78 is 9.62. The predicted octanol–water partition coefficient (Wildman–Crippen LogP) is 5.24. The number of nitrogens with zero attached hydrogens (tertiary/aromatic N) is 2. The van der Waals surface area contributed by atoms with Gasteiger partial charge in [-0.1, -0.05) is 47.7 Å². The Bertz CT molecular complexity index is 1750. The van der Waals surface area contributed by atoms with Gasteiger partial charge in [0.15, 0.2) is 4.80 Å². The zero-order valence-electron chi connectivity index (χ0n) is 19.2. The Hall–Kier alpha value is -2.44. The Morgan fingerprint density at radius 2 is 1.94 bits per heavy atom. The lowest BCUT2D eigenvalue weighted by Crippen LogP contribution is -2.38. The second-order valence-corrected chi connectivity index (χ2v) is 12.1. The topological polar surface area (TPSA) is 63.8 Å². The number of allylic oxidation sites excluding steroid dienone is 1. The molecule has 1 aliphatic heterocycles. The number of aryl methyl sites for hydroxylation is 1. The number of thiazole rings is 1. The maximum absolute atomic E-state index is 13.9. The van der Waals surface area contributed by atoms with Gasteiger partial charge < -0.3 is 9.84 Å². The first-order chi connectivity index (χ1) is 17.4. The fourth-order valence-electron chi connectivity index (χ4n) is 4.97. The maximum atomic E-state index is 13.9. The molecule has 0 amide bonds. The third-order valence-corrected chi connectivity index (χ3v) is 9.05. The molecule has 0 spiro atoms. The second-order valence-electron chi connectivity index (χ2n) is 8.72. The van der Waals surface area contributed by atoms with Crippen molar-refractivity contribution < 1.29 is 9.84 Å². The minimum absolute atomic E-state index is 0.106. The van der Waals surface area contributed by atoms with Crippen molar-refractivity contribution in [2.45, 2.75) is 18.9 Å². The summed E-state index contributed by atoms with van der Waals surface area (Å²) in [6.45, 7) is 0. The molecule has 0 radical (unpaired) electrons. The van der Waals surface area contributed by atoms with E-state index in [0.29, 0.717) is 14.9 Å².